The average Bonchev–Trinajstić information content (AvgIpc) is 2.68. The number of benzene rings is 1. The Morgan fingerprint density at radius 2 is 1.90 bits per heavy atom. The number of hydrogen-bond donors (Lipinski definition) is 1. The molecule has 0 radical (unpaired) electrons. The number of hydrogen-bond acceptors (Lipinski definition) is 2. The summed E-state index contributed by atoms with van der Waals surface area (Å²) in [5.74, 6) is -1.32. The van der Waals surface area contributed by atoms with Crippen LogP contribution in [0.1, 0.15) is 22.0 Å². The van der Waals surface area contributed by atoms with Gasteiger partial charge in [0.1, 0.15) is 5.82 Å². The third-order valence-electron chi connectivity index (χ3n) is 2.63. The van der Waals surface area contributed by atoms with Gasteiger partial charge in [0, 0.05) is 4.88 Å². The van der Waals surface area contributed by atoms with E-state index in [1.54, 1.807) is 6.07 Å². The zero-order chi connectivity index (χ0) is 15.1. The second-order valence-electron chi connectivity index (χ2n) is 3.99. The molecule has 0 amide bonds. The van der Waals surface area contributed by atoms with Crippen LogP contribution in [0, 0.1) is 5.82 Å². The highest BCUT2D eigenvalue weighted by Gasteiger charge is 2.34. The van der Waals surface area contributed by atoms with E-state index in [4.69, 9.17) is 17.3 Å². The molecule has 20 heavy (non-hydrogen) atoms. The molecule has 1 atom stereocenters. The van der Waals surface area contributed by atoms with E-state index in [0.29, 0.717) is 13.7 Å². The van der Waals surface area contributed by atoms with Crippen molar-refractivity contribution >= 4 is 38.9 Å². The van der Waals surface area contributed by atoms with E-state index >= 15 is 0 Å². The van der Waals surface area contributed by atoms with Gasteiger partial charge in [-0.1, -0.05) is 17.7 Å². The Hall–Kier alpha value is -0.630. The van der Waals surface area contributed by atoms with Crippen molar-refractivity contribution in [3.8, 4) is 0 Å². The van der Waals surface area contributed by atoms with Crippen LogP contribution in [0.15, 0.2) is 28.1 Å². The topological polar surface area (TPSA) is 26.0 Å². The molecule has 2 N–H and O–H groups in total. The summed E-state index contributed by atoms with van der Waals surface area (Å²) in [5, 5.41) is 0.429. The average molecular weight is 389 g/mol. The van der Waals surface area contributed by atoms with Crippen molar-refractivity contribution in [1.29, 1.82) is 0 Å². The van der Waals surface area contributed by atoms with Crippen LogP contribution < -0.4 is 5.73 Å². The quantitative estimate of drug-likeness (QED) is 0.688. The molecule has 1 unspecified atom stereocenters. The second-order valence-corrected chi connectivity index (χ2v) is 6.79. The Morgan fingerprint density at radius 3 is 2.40 bits per heavy atom. The van der Waals surface area contributed by atoms with Gasteiger partial charge in [-0.05, 0) is 39.7 Å². The van der Waals surface area contributed by atoms with Crippen molar-refractivity contribution in [2.24, 2.45) is 5.73 Å². The summed E-state index contributed by atoms with van der Waals surface area (Å²) in [4.78, 5) is 0.585. The number of rotatable bonds is 2. The highest BCUT2D eigenvalue weighted by molar-refractivity contribution is 9.11. The van der Waals surface area contributed by atoms with Crippen LogP contribution in [0.25, 0.3) is 0 Å². The van der Waals surface area contributed by atoms with E-state index in [1.807, 2.05) is 0 Å². The lowest BCUT2D eigenvalue weighted by Crippen LogP contribution is -2.14. The summed E-state index contributed by atoms with van der Waals surface area (Å²) in [6.07, 6.45) is -4.76. The third-order valence-corrected chi connectivity index (χ3v) is 5.18. The fourth-order valence-electron chi connectivity index (χ4n) is 1.63. The number of alkyl halides is 3. The van der Waals surface area contributed by atoms with Gasteiger partial charge >= 0.3 is 6.18 Å². The lowest BCUT2D eigenvalue weighted by atomic mass is 10.0. The minimum Gasteiger partial charge on any atom is -0.320 e. The van der Waals surface area contributed by atoms with Crippen LogP contribution in [0.5, 0.6) is 0 Å². The first-order chi connectivity index (χ1) is 9.20. The molecule has 8 heteroatoms. The Balaban J connectivity index is 2.43. The molecule has 0 aliphatic heterocycles. The smallest absolute Gasteiger partial charge is 0.320 e. The molecular formula is C12H7BrClF4NS. The van der Waals surface area contributed by atoms with E-state index in [2.05, 4.69) is 15.9 Å². The van der Waals surface area contributed by atoms with Crippen molar-refractivity contribution in [3.05, 3.63) is 54.9 Å². The van der Waals surface area contributed by atoms with Gasteiger partial charge in [-0.15, -0.1) is 11.3 Å². The summed E-state index contributed by atoms with van der Waals surface area (Å²) in [5.41, 5.74) is 4.75. The van der Waals surface area contributed by atoms with E-state index < -0.39 is 23.6 Å². The molecule has 0 aliphatic carbocycles. The molecule has 1 aromatic carbocycles. The van der Waals surface area contributed by atoms with Crippen molar-refractivity contribution in [3.63, 3.8) is 0 Å². The molecule has 108 valence electrons. The highest BCUT2D eigenvalue weighted by atomic mass is 79.9. The number of halogens is 6. The predicted octanol–water partition coefficient (Wildman–Crippen LogP) is 5.37. The Labute approximate surface area is 129 Å². The molecular weight excluding hydrogens is 382 g/mol. The molecule has 2 rings (SSSR count). The molecule has 1 heterocycles. The second kappa shape index (κ2) is 5.63. The van der Waals surface area contributed by atoms with Crippen LogP contribution in [0.2, 0.25) is 5.02 Å². The minimum atomic E-state index is -4.76. The van der Waals surface area contributed by atoms with E-state index in [9.17, 15) is 17.6 Å². The van der Waals surface area contributed by atoms with Gasteiger partial charge in [0.15, 0.2) is 0 Å². The van der Waals surface area contributed by atoms with Gasteiger partial charge in [-0.2, -0.15) is 13.2 Å². The molecule has 1 nitrogen and oxygen atoms in total. The molecule has 0 saturated heterocycles. The Bertz CT molecular complexity index is 621. The maximum atomic E-state index is 13.2. The van der Waals surface area contributed by atoms with E-state index in [0.717, 1.165) is 12.1 Å². The molecule has 0 aliphatic rings. The first-order valence-corrected chi connectivity index (χ1v) is 7.26. The zero-order valence-electron chi connectivity index (χ0n) is 9.64. The third kappa shape index (κ3) is 3.16. The van der Waals surface area contributed by atoms with Gasteiger partial charge < -0.3 is 5.73 Å². The summed E-state index contributed by atoms with van der Waals surface area (Å²) in [7, 11) is 0. The van der Waals surface area contributed by atoms with Gasteiger partial charge in [0.05, 0.1) is 20.4 Å². The minimum absolute atomic E-state index is 0.171. The lowest BCUT2D eigenvalue weighted by Gasteiger charge is -2.14. The fraction of sp³-hybridized carbons (Fsp3) is 0.167. The van der Waals surface area contributed by atoms with Crippen LogP contribution in [0.3, 0.4) is 0 Å². The first-order valence-electron chi connectivity index (χ1n) is 5.27. The Kier molecular flexibility index (Phi) is 4.44. The molecule has 0 bridgehead atoms. The van der Waals surface area contributed by atoms with Crippen LogP contribution in [0.4, 0.5) is 17.6 Å². The van der Waals surface area contributed by atoms with E-state index in [1.165, 1.54) is 17.4 Å². The van der Waals surface area contributed by atoms with Crippen molar-refractivity contribution in [2.45, 2.75) is 12.2 Å². The first kappa shape index (κ1) is 15.8. The normalized spacial score (nSPS) is 13.6. The number of nitrogens with two attached hydrogens (primary N) is 1. The maximum Gasteiger partial charge on any atom is 0.419 e. The largest absolute Gasteiger partial charge is 0.419 e. The molecule has 2 aromatic rings. The molecule has 0 spiro atoms. The monoisotopic (exact) mass is 387 g/mol. The SMILES string of the molecule is NC(c1ccc(F)c(C(F)(F)F)c1)c1cc(Cl)c(Br)s1. The summed E-state index contributed by atoms with van der Waals surface area (Å²) in [6, 6.07) is 3.49. The standard InChI is InChI=1S/C12H7BrClF4NS/c13-11-7(14)4-9(20-11)10(19)5-1-2-8(15)6(3-5)12(16,17)18/h1-4,10H,19H2. The molecule has 1 aromatic heterocycles. The maximum absolute atomic E-state index is 13.2. The summed E-state index contributed by atoms with van der Waals surface area (Å²) >= 11 is 10.3. The summed E-state index contributed by atoms with van der Waals surface area (Å²) in [6.45, 7) is 0. The van der Waals surface area contributed by atoms with Crippen molar-refractivity contribution in [1.82, 2.24) is 0 Å². The van der Waals surface area contributed by atoms with E-state index in [-0.39, 0.29) is 5.56 Å². The van der Waals surface area contributed by atoms with Crippen LogP contribution >= 0.6 is 38.9 Å². The summed E-state index contributed by atoms with van der Waals surface area (Å²) < 4.78 is 51.8. The van der Waals surface area contributed by atoms with Crippen molar-refractivity contribution < 1.29 is 17.6 Å². The number of thiophene rings is 1. The Morgan fingerprint density at radius 1 is 1.25 bits per heavy atom. The van der Waals surface area contributed by atoms with Gasteiger partial charge in [-0.3, -0.25) is 0 Å². The van der Waals surface area contributed by atoms with Gasteiger partial charge in [-0.25, -0.2) is 4.39 Å². The highest BCUT2D eigenvalue weighted by Crippen LogP contribution is 2.38. The lowest BCUT2D eigenvalue weighted by molar-refractivity contribution is -0.140. The van der Waals surface area contributed by atoms with Crippen LogP contribution in [-0.4, -0.2) is 0 Å². The fourth-order valence-corrected chi connectivity index (χ4v) is 3.41. The van der Waals surface area contributed by atoms with Crippen LogP contribution in [-0.2, 0) is 6.18 Å². The predicted molar refractivity (Wildman–Crippen MR) is 74.5 cm³/mol. The van der Waals surface area contributed by atoms with Gasteiger partial charge in [0.25, 0.3) is 0 Å². The molecule has 0 saturated carbocycles. The molecule has 0 fully saturated rings. The van der Waals surface area contributed by atoms with Crippen molar-refractivity contribution in [2.75, 3.05) is 0 Å². The zero-order valence-corrected chi connectivity index (χ0v) is 12.8. The van der Waals surface area contributed by atoms with Gasteiger partial charge in [0.2, 0.25) is 0 Å².